The van der Waals surface area contributed by atoms with E-state index in [4.69, 9.17) is 4.74 Å². The number of amides is 1. The molecule has 0 bridgehead atoms. The minimum absolute atomic E-state index is 0.0277. The van der Waals surface area contributed by atoms with Gasteiger partial charge >= 0.3 is 0 Å². The fraction of sp³-hybridized carbons (Fsp3) is 0.129. The van der Waals surface area contributed by atoms with Crippen LogP contribution in [-0.2, 0) is 22.7 Å². The number of Topliss-reactive ketones (excluding diaryl/α,β-unsaturated/α-hetero) is 1. The van der Waals surface area contributed by atoms with Crippen LogP contribution in [-0.4, -0.2) is 26.7 Å². The molecule has 0 aliphatic carbocycles. The Morgan fingerprint density at radius 1 is 0.974 bits per heavy atom. The molecule has 1 aromatic heterocycles. The number of carbonyl (C=O) groups excluding carboxylic acids is 2. The van der Waals surface area contributed by atoms with Crippen molar-refractivity contribution in [2.24, 2.45) is 0 Å². The molecule has 1 fully saturated rings. The average molecular weight is 509 g/mol. The Bertz CT molecular complexity index is 1520. The first-order valence-electron chi connectivity index (χ1n) is 12.1. The van der Waals surface area contributed by atoms with Gasteiger partial charge in [-0.1, -0.05) is 54.1 Å². The van der Waals surface area contributed by atoms with Crippen LogP contribution in [0.15, 0.2) is 103 Å². The van der Waals surface area contributed by atoms with Gasteiger partial charge in [0.2, 0.25) is 0 Å². The number of ether oxygens (including phenoxy) is 1. The second kappa shape index (κ2) is 10.7. The highest BCUT2D eigenvalue weighted by Crippen LogP contribution is 2.41. The first-order chi connectivity index (χ1) is 18.4. The molecule has 1 N–H and O–H groups in total. The first-order valence-corrected chi connectivity index (χ1v) is 12.1. The Labute approximate surface area is 219 Å². The Morgan fingerprint density at radius 3 is 2.45 bits per heavy atom. The fourth-order valence-electron chi connectivity index (χ4n) is 4.58. The number of hydrogen-bond donors (Lipinski definition) is 1. The second-order valence-electron chi connectivity index (χ2n) is 9.11. The number of benzene rings is 3. The topological polar surface area (TPSA) is 79.7 Å². The van der Waals surface area contributed by atoms with Crippen LogP contribution in [0.3, 0.4) is 0 Å². The van der Waals surface area contributed by atoms with Crippen molar-refractivity contribution in [1.29, 1.82) is 0 Å². The normalized spacial score (nSPS) is 16.6. The second-order valence-corrected chi connectivity index (χ2v) is 9.11. The summed E-state index contributed by atoms with van der Waals surface area (Å²) in [4.78, 5) is 31.6. The SMILES string of the molecule is Cc1cccc(COc2ccc(/C(O)=C3\C(=O)C(=O)N(Cc4cccnc4)C3c3ccccc3F)cc2)c1. The molecule has 0 radical (unpaired) electrons. The molecule has 1 aliphatic heterocycles. The fourth-order valence-corrected chi connectivity index (χ4v) is 4.58. The number of aromatic nitrogens is 1. The Morgan fingerprint density at radius 2 is 1.74 bits per heavy atom. The van der Waals surface area contributed by atoms with Crippen molar-refractivity contribution >= 4 is 17.4 Å². The molecular weight excluding hydrogens is 483 g/mol. The largest absolute Gasteiger partial charge is 0.507 e. The standard InChI is InChI=1S/C31H25FN2O4/c1-20-6-4-7-21(16-20)19-38-24-13-11-23(12-14-24)29(35)27-28(25-9-2-3-10-26(25)32)34(31(37)30(27)36)18-22-8-5-15-33-17-22/h2-17,28,35H,18-19H2,1H3/b29-27+. The van der Waals surface area contributed by atoms with E-state index < -0.39 is 23.5 Å². The van der Waals surface area contributed by atoms with E-state index in [0.29, 0.717) is 23.5 Å². The predicted octanol–water partition coefficient (Wildman–Crippen LogP) is 5.73. The van der Waals surface area contributed by atoms with Crippen molar-refractivity contribution in [2.45, 2.75) is 26.1 Å². The van der Waals surface area contributed by atoms with E-state index in [-0.39, 0.29) is 23.4 Å². The number of ketones is 1. The zero-order chi connectivity index (χ0) is 26.6. The van der Waals surface area contributed by atoms with Gasteiger partial charge in [-0.15, -0.1) is 0 Å². The maximum absolute atomic E-state index is 15.0. The summed E-state index contributed by atoms with van der Waals surface area (Å²) in [6.45, 7) is 2.41. The third-order valence-corrected chi connectivity index (χ3v) is 6.43. The number of pyridine rings is 1. The molecule has 1 unspecified atom stereocenters. The van der Waals surface area contributed by atoms with Gasteiger partial charge in [-0.2, -0.15) is 0 Å². The molecule has 7 heteroatoms. The van der Waals surface area contributed by atoms with Gasteiger partial charge in [-0.3, -0.25) is 14.6 Å². The minimum atomic E-state index is -1.10. The smallest absolute Gasteiger partial charge is 0.295 e. The molecular formula is C31H25FN2O4. The van der Waals surface area contributed by atoms with Crippen molar-refractivity contribution in [3.05, 3.63) is 137 Å². The van der Waals surface area contributed by atoms with Crippen LogP contribution in [0.5, 0.6) is 5.75 Å². The summed E-state index contributed by atoms with van der Waals surface area (Å²) >= 11 is 0. The monoisotopic (exact) mass is 508 g/mol. The summed E-state index contributed by atoms with van der Waals surface area (Å²) in [6, 6.07) is 22.9. The number of nitrogens with zero attached hydrogens (tertiary/aromatic N) is 2. The maximum Gasteiger partial charge on any atom is 0.295 e. The molecule has 4 aromatic rings. The van der Waals surface area contributed by atoms with Crippen molar-refractivity contribution in [3.63, 3.8) is 0 Å². The molecule has 1 amide bonds. The highest BCUT2D eigenvalue weighted by molar-refractivity contribution is 6.46. The molecule has 1 aliphatic rings. The van der Waals surface area contributed by atoms with Gasteiger partial charge < -0.3 is 14.7 Å². The number of aliphatic hydroxyl groups is 1. The molecule has 3 aromatic carbocycles. The van der Waals surface area contributed by atoms with Crippen LogP contribution < -0.4 is 4.74 Å². The van der Waals surface area contributed by atoms with Gasteiger partial charge in [-0.05, 0) is 54.4 Å². The summed E-state index contributed by atoms with van der Waals surface area (Å²) < 4.78 is 20.8. The lowest BCUT2D eigenvalue weighted by molar-refractivity contribution is -0.140. The van der Waals surface area contributed by atoms with Crippen LogP contribution in [0.1, 0.15) is 33.9 Å². The van der Waals surface area contributed by atoms with Gasteiger partial charge in [0.15, 0.2) is 0 Å². The molecule has 5 rings (SSSR count). The van der Waals surface area contributed by atoms with Crippen LogP contribution in [0.2, 0.25) is 0 Å². The van der Waals surface area contributed by atoms with Crippen molar-refractivity contribution in [2.75, 3.05) is 0 Å². The highest BCUT2D eigenvalue weighted by Gasteiger charge is 2.46. The van der Waals surface area contributed by atoms with Crippen LogP contribution in [0, 0.1) is 12.7 Å². The van der Waals surface area contributed by atoms with E-state index in [2.05, 4.69) is 4.98 Å². The zero-order valence-corrected chi connectivity index (χ0v) is 20.7. The van der Waals surface area contributed by atoms with E-state index in [1.807, 2.05) is 31.2 Å². The van der Waals surface area contributed by atoms with E-state index in [1.165, 1.54) is 23.1 Å². The third kappa shape index (κ3) is 5.04. The zero-order valence-electron chi connectivity index (χ0n) is 20.7. The molecule has 190 valence electrons. The summed E-state index contributed by atoms with van der Waals surface area (Å²) in [6.07, 6.45) is 3.17. The lowest BCUT2D eigenvalue weighted by Gasteiger charge is -2.25. The molecule has 0 saturated carbocycles. The highest BCUT2D eigenvalue weighted by atomic mass is 19.1. The number of carbonyl (C=O) groups is 2. The number of halogens is 1. The van der Waals surface area contributed by atoms with Crippen LogP contribution in [0.25, 0.3) is 5.76 Å². The van der Waals surface area contributed by atoms with Gasteiger partial charge in [0.05, 0.1) is 11.6 Å². The average Bonchev–Trinajstić information content (AvgIpc) is 3.17. The Balaban J connectivity index is 1.48. The molecule has 2 heterocycles. The van der Waals surface area contributed by atoms with E-state index in [9.17, 15) is 19.1 Å². The maximum atomic E-state index is 15.0. The number of aliphatic hydroxyl groups excluding tert-OH is 1. The van der Waals surface area contributed by atoms with Crippen molar-refractivity contribution in [1.82, 2.24) is 9.88 Å². The van der Waals surface area contributed by atoms with E-state index in [1.54, 1.807) is 54.9 Å². The summed E-state index contributed by atoms with van der Waals surface area (Å²) in [5, 5.41) is 11.2. The van der Waals surface area contributed by atoms with Gasteiger partial charge in [0, 0.05) is 30.1 Å². The quantitative estimate of drug-likeness (QED) is 0.196. The molecule has 1 atom stereocenters. The van der Waals surface area contributed by atoms with Gasteiger partial charge in [-0.25, -0.2) is 4.39 Å². The number of hydrogen-bond acceptors (Lipinski definition) is 5. The summed E-state index contributed by atoms with van der Waals surface area (Å²) in [5.41, 5.74) is 3.10. The first kappa shape index (κ1) is 24.9. The lowest BCUT2D eigenvalue weighted by Crippen LogP contribution is -2.29. The van der Waals surface area contributed by atoms with Gasteiger partial charge in [0.1, 0.15) is 23.9 Å². The predicted molar refractivity (Wildman–Crippen MR) is 140 cm³/mol. The number of likely N-dealkylation sites (tertiary alicyclic amines) is 1. The Hall–Kier alpha value is -4.78. The summed E-state index contributed by atoms with van der Waals surface area (Å²) in [7, 11) is 0. The number of aryl methyl sites for hydroxylation is 1. The van der Waals surface area contributed by atoms with E-state index >= 15 is 0 Å². The minimum Gasteiger partial charge on any atom is -0.507 e. The Kier molecular flexibility index (Phi) is 7.00. The lowest BCUT2D eigenvalue weighted by atomic mass is 9.94. The van der Waals surface area contributed by atoms with Crippen LogP contribution >= 0.6 is 0 Å². The van der Waals surface area contributed by atoms with E-state index in [0.717, 1.165) is 11.1 Å². The molecule has 1 saturated heterocycles. The van der Waals surface area contributed by atoms with Crippen molar-refractivity contribution < 1.29 is 23.8 Å². The summed E-state index contributed by atoms with van der Waals surface area (Å²) in [5.74, 6) is -2.08. The molecule has 38 heavy (non-hydrogen) atoms. The van der Waals surface area contributed by atoms with Crippen LogP contribution in [0.4, 0.5) is 4.39 Å². The number of rotatable bonds is 7. The third-order valence-electron chi connectivity index (χ3n) is 6.43. The van der Waals surface area contributed by atoms with Gasteiger partial charge in [0.25, 0.3) is 11.7 Å². The molecule has 0 spiro atoms. The van der Waals surface area contributed by atoms with Crippen molar-refractivity contribution in [3.8, 4) is 5.75 Å². The molecule has 6 nitrogen and oxygen atoms in total.